The SMILES string of the molecule is CCC1CCC(n2cc(C)c(=O)[nH]c2=O)O1. The number of hydrogen-bond donors (Lipinski definition) is 1. The van der Waals surface area contributed by atoms with Crippen molar-refractivity contribution in [2.75, 3.05) is 0 Å². The molecule has 88 valence electrons. The Balaban J connectivity index is 2.32. The molecule has 2 rings (SSSR count). The summed E-state index contributed by atoms with van der Waals surface area (Å²) < 4.78 is 7.19. The van der Waals surface area contributed by atoms with E-state index in [4.69, 9.17) is 4.74 Å². The summed E-state index contributed by atoms with van der Waals surface area (Å²) >= 11 is 0. The molecule has 16 heavy (non-hydrogen) atoms. The second-order valence-electron chi connectivity index (χ2n) is 4.18. The Morgan fingerprint density at radius 1 is 1.50 bits per heavy atom. The average molecular weight is 224 g/mol. The van der Waals surface area contributed by atoms with Crippen LogP contribution in [0.25, 0.3) is 0 Å². The number of H-pyrrole nitrogens is 1. The van der Waals surface area contributed by atoms with Crippen molar-refractivity contribution in [3.63, 3.8) is 0 Å². The predicted octanol–water partition coefficient (Wildman–Crippen LogP) is 0.933. The van der Waals surface area contributed by atoms with Crippen molar-refractivity contribution >= 4 is 0 Å². The summed E-state index contributed by atoms with van der Waals surface area (Å²) in [6, 6.07) is 0. The Labute approximate surface area is 93.1 Å². The van der Waals surface area contributed by atoms with Gasteiger partial charge in [-0.25, -0.2) is 4.79 Å². The number of aromatic amines is 1. The molecule has 0 bridgehead atoms. The van der Waals surface area contributed by atoms with Gasteiger partial charge in [0.05, 0.1) is 6.10 Å². The lowest BCUT2D eigenvalue weighted by Gasteiger charge is -2.15. The maximum atomic E-state index is 11.6. The van der Waals surface area contributed by atoms with Crippen LogP contribution in [0.5, 0.6) is 0 Å². The van der Waals surface area contributed by atoms with Crippen molar-refractivity contribution < 1.29 is 4.74 Å². The lowest BCUT2D eigenvalue weighted by Crippen LogP contribution is -2.33. The lowest BCUT2D eigenvalue weighted by atomic mass is 10.2. The number of aryl methyl sites for hydroxylation is 1. The van der Waals surface area contributed by atoms with Crippen LogP contribution in [0.2, 0.25) is 0 Å². The molecule has 0 saturated carbocycles. The first-order valence-corrected chi connectivity index (χ1v) is 5.59. The Kier molecular flexibility index (Phi) is 2.96. The molecule has 0 radical (unpaired) electrons. The number of aromatic nitrogens is 2. The fourth-order valence-electron chi connectivity index (χ4n) is 1.99. The standard InChI is InChI=1S/C11H16N2O3/c1-3-8-4-5-9(16-8)13-6-7(2)10(14)12-11(13)15/h6,8-9H,3-5H2,1-2H3,(H,12,14,15). The molecule has 1 N–H and O–H groups in total. The van der Waals surface area contributed by atoms with E-state index in [9.17, 15) is 9.59 Å². The van der Waals surface area contributed by atoms with Gasteiger partial charge in [0, 0.05) is 11.8 Å². The van der Waals surface area contributed by atoms with Crippen LogP contribution in [-0.4, -0.2) is 15.7 Å². The largest absolute Gasteiger partial charge is 0.355 e. The maximum absolute atomic E-state index is 11.6. The summed E-state index contributed by atoms with van der Waals surface area (Å²) in [5.74, 6) is 0. The molecule has 0 amide bonds. The van der Waals surface area contributed by atoms with E-state index in [0.29, 0.717) is 5.56 Å². The van der Waals surface area contributed by atoms with E-state index in [1.807, 2.05) is 0 Å². The van der Waals surface area contributed by atoms with E-state index in [1.54, 1.807) is 13.1 Å². The van der Waals surface area contributed by atoms with E-state index in [0.717, 1.165) is 19.3 Å². The zero-order valence-electron chi connectivity index (χ0n) is 9.53. The van der Waals surface area contributed by atoms with Crippen molar-refractivity contribution in [1.82, 2.24) is 9.55 Å². The Hall–Kier alpha value is -1.36. The molecule has 5 heteroatoms. The molecule has 2 unspecified atom stereocenters. The number of rotatable bonds is 2. The smallest absolute Gasteiger partial charge is 0.330 e. The van der Waals surface area contributed by atoms with Gasteiger partial charge in [-0.05, 0) is 26.2 Å². The van der Waals surface area contributed by atoms with Crippen LogP contribution in [0.4, 0.5) is 0 Å². The molecule has 5 nitrogen and oxygen atoms in total. The normalized spacial score (nSPS) is 24.9. The summed E-state index contributed by atoms with van der Waals surface area (Å²) in [6.07, 6.45) is 4.31. The first kappa shape index (κ1) is 11.1. The van der Waals surface area contributed by atoms with Crippen molar-refractivity contribution in [3.05, 3.63) is 32.6 Å². The van der Waals surface area contributed by atoms with Gasteiger partial charge < -0.3 is 4.74 Å². The van der Waals surface area contributed by atoms with Crippen molar-refractivity contribution in [1.29, 1.82) is 0 Å². The van der Waals surface area contributed by atoms with Crippen LogP contribution in [0.15, 0.2) is 15.8 Å². The summed E-state index contributed by atoms with van der Waals surface area (Å²) in [4.78, 5) is 25.1. The quantitative estimate of drug-likeness (QED) is 0.812. The summed E-state index contributed by atoms with van der Waals surface area (Å²) in [6.45, 7) is 3.75. The highest BCUT2D eigenvalue weighted by molar-refractivity contribution is 5.01. The summed E-state index contributed by atoms with van der Waals surface area (Å²) in [7, 11) is 0. The molecule has 0 aliphatic carbocycles. The minimum absolute atomic E-state index is 0.226. The highest BCUT2D eigenvalue weighted by atomic mass is 16.5. The minimum Gasteiger partial charge on any atom is -0.355 e. The number of ether oxygens (including phenoxy) is 1. The van der Waals surface area contributed by atoms with Gasteiger partial charge in [0.1, 0.15) is 6.23 Å². The van der Waals surface area contributed by atoms with E-state index < -0.39 is 5.69 Å². The second kappa shape index (κ2) is 4.25. The first-order valence-electron chi connectivity index (χ1n) is 5.59. The topological polar surface area (TPSA) is 64.1 Å². The van der Waals surface area contributed by atoms with Gasteiger partial charge in [-0.2, -0.15) is 0 Å². The lowest BCUT2D eigenvalue weighted by molar-refractivity contribution is -0.00211. The monoisotopic (exact) mass is 224 g/mol. The first-order chi connectivity index (χ1) is 7.61. The third-order valence-electron chi connectivity index (χ3n) is 3.00. The third kappa shape index (κ3) is 1.95. The van der Waals surface area contributed by atoms with Crippen LogP contribution in [0.3, 0.4) is 0 Å². The predicted molar refractivity (Wildman–Crippen MR) is 59.5 cm³/mol. The zero-order chi connectivity index (χ0) is 11.7. The molecule has 0 spiro atoms. The Morgan fingerprint density at radius 3 is 2.88 bits per heavy atom. The van der Waals surface area contributed by atoms with Gasteiger partial charge in [-0.15, -0.1) is 0 Å². The molecular weight excluding hydrogens is 208 g/mol. The van der Waals surface area contributed by atoms with Crippen LogP contribution < -0.4 is 11.2 Å². The fraction of sp³-hybridized carbons (Fsp3) is 0.636. The molecule has 1 fully saturated rings. The number of nitrogens with zero attached hydrogens (tertiary/aromatic N) is 1. The molecule has 2 atom stereocenters. The van der Waals surface area contributed by atoms with Gasteiger partial charge >= 0.3 is 5.69 Å². The van der Waals surface area contributed by atoms with E-state index >= 15 is 0 Å². The Bertz CT molecular complexity index is 489. The van der Waals surface area contributed by atoms with E-state index in [2.05, 4.69) is 11.9 Å². The number of nitrogens with one attached hydrogen (secondary N) is 1. The van der Waals surface area contributed by atoms with Crippen LogP contribution in [0, 0.1) is 6.92 Å². The van der Waals surface area contributed by atoms with Crippen LogP contribution >= 0.6 is 0 Å². The highest BCUT2D eigenvalue weighted by Gasteiger charge is 2.26. The zero-order valence-corrected chi connectivity index (χ0v) is 9.53. The van der Waals surface area contributed by atoms with Gasteiger partial charge in [0.25, 0.3) is 5.56 Å². The molecule has 1 aliphatic heterocycles. The van der Waals surface area contributed by atoms with Crippen molar-refractivity contribution in [2.24, 2.45) is 0 Å². The van der Waals surface area contributed by atoms with Gasteiger partial charge in [0.15, 0.2) is 0 Å². The van der Waals surface area contributed by atoms with Crippen molar-refractivity contribution in [3.8, 4) is 0 Å². The highest BCUT2D eigenvalue weighted by Crippen LogP contribution is 2.28. The van der Waals surface area contributed by atoms with Crippen LogP contribution in [0.1, 0.15) is 38.0 Å². The maximum Gasteiger partial charge on any atom is 0.330 e. The molecule has 1 aliphatic rings. The van der Waals surface area contributed by atoms with Gasteiger partial charge in [0.2, 0.25) is 0 Å². The van der Waals surface area contributed by atoms with E-state index in [-0.39, 0.29) is 17.9 Å². The third-order valence-corrected chi connectivity index (χ3v) is 3.00. The minimum atomic E-state index is -0.391. The van der Waals surface area contributed by atoms with Crippen LogP contribution in [-0.2, 0) is 4.74 Å². The molecule has 2 heterocycles. The Morgan fingerprint density at radius 2 is 2.25 bits per heavy atom. The fourth-order valence-corrected chi connectivity index (χ4v) is 1.99. The molecular formula is C11H16N2O3. The molecule has 1 saturated heterocycles. The average Bonchev–Trinajstić information content (AvgIpc) is 2.71. The summed E-state index contributed by atoms with van der Waals surface area (Å²) in [5.41, 5.74) is -0.188. The second-order valence-corrected chi connectivity index (χ2v) is 4.18. The molecule has 0 aromatic carbocycles. The van der Waals surface area contributed by atoms with Gasteiger partial charge in [-0.1, -0.05) is 6.92 Å². The van der Waals surface area contributed by atoms with E-state index in [1.165, 1.54) is 4.57 Å². The molecule has 1 aromatic heterocycles. The van der Waals surface area contributed by atoms with Crippen molar-refractivity contribution in [2.45, 2.75) is 45.4 Å². The number of hydrogen-bond acceptors (Lipinski definition) is 3. The summed E-state index contributed by atoms with van der Waals surface area (Å²) in [5, 5.41) is 0. The molecule has 1 aromatic rings. The van der Waals surface area contributed by atoms with Gasteiger partial charge in [-0.3, -0.25) is 14.3 Å².